The Labute approximate surface area is 105 Å². The third-order valence-electron chi connectivity index (χ3n) is 5.96. The fraction of sp³-hybridized carbons (Fsp3) is 1.00. The number of nitrogens with zero attached hydrogens (tertiary/aromatic N) is 2. The molecular formula is C15H26N2. The van der Waals surface area contributed by atoms with Crippen LogP contribution >= 0.6 is 0 Å². The summed E-state index contributed by atoms with van der Waals surface area (Å²) in [6, 6.07) is 1.92. The van der Waals surface area contributed by atoms with Gasteiger partial charge in [0.05, 0.1) is 0 Å². The Bertz CT molecular complexity index is 263. The highest BCUT2D eigenvalue weighted by Gasteiger charge is 2.46. The summed E-state index contributed by atoms with van der Waals surface area (Å²) in [6.45, 7) is 5.68. The molecule has 4 aliphatic heterocycles. The van der Waals surface area contributed by atoms with E-state index >= 15 is 0 Å². The summed E-state index contributed by atoms with van der Waals surface area (Å²) in [6.07, 6.45) is 10.5. The third kappa shape index (κ3) is 1.76. The van der Waals surface area contributed by atoms with E-state index in [1.807, 2.05) is 0 Å². The van der Waals surface area contributed by atoms with Crippen LogP contribution in [0.5, 0.6) is 0 Å². The lowest BCUT2D eigenvalue weighted by Gasteiger charge is -2.57. The fourth-order valence-corrected chi connectivity index (χ4v) is 5.25. The van der Waals surface area contributed by atoms with Gasteiger partial charge in [-0.15, -0.1) is 0 Å². The van der Waals surface area contributed by atoms with Crippen LogP contribution in [-0.2, 0) is 0 Å². The van der Waals surface area contributed by atoms with Crippen LogP contribution in [0.3, 0.4) is 0 Å². The molecule has 0 aromatic carbocycles. The van der Waals surface area contributed by atoms with Crippen LogP contribution in [-0.4, -0.2) is 48.1 Å². The summed E-state index contributed by atoms with van der Waals surface area (Å²) in [5, 5.41) is 0. The largest absolute Gasteiger partial charge is 0.300 e. The molecule has 0 radical (unpaired) electrons. The highest BCUT2D eigenvalue weighted by Crippen LogP contribution is 2.42. The van der Waals surface area contributed by atoms with Gasteiger partial charge in [0.15, 0.2) is 0 Å². The monoisotopic (exact) mass is 234 g/mol. The Morgan fingerprint density at radius 1 is 0.647 bits per heavy atom. The van der Waals surface area contributed by atoms with Gasteiger partial charge in [-0.1, -0.05) is 12.8 Å². The van der Waals surface area contributed by atoms with E-state index in [2.05, 4.69) is 9.80 Å². The van der Waals surface area contributed by atoms with Crippen LogP contribution in [0.2, 0.25) is 0 Å². The maximum atomic E-state index is 2.87. The van der Waals surface area contributed by atoms with E-state index in [0.29, 0.717) is 0 Å². The van der Waals surface area contributed by atoms with Crippen molar-refractivity contribution in [3.8, 4) is 0 Å². The average molecular weight is 234 g/mol. The minimum Gasteiger partial charge on any atom is -0.300 e. The predicted molar refractivity (Wildman–Crippen MR) is 70.0 cm³/mol. The molecule has 1 unspecified atom stereocenters. The average Bonchev–Trinajstić information content (AvgIpc) is 2.39. The van der Waals surface area contributed by atoms with E-state index < -0.39 is 0 Å². The Morgan fingerprint density at radius 3 is 1.71 bits per heavy atom. The second-order valence-electron chi connectivity index (χ2n) is 6.87. The van der Waals surface area contributed by atoms with Gasteiger partial charge in [-0.2, -0.15) is 0 Å². The minimum absolute atomic E-state index is 0.961. The fourth-order valence-electron chi connectivity index (χ4n) is 5.25. The van der Waals surface area contributed by atoms with Gasteiger partial charge < -0.3 is 0 Å². The van der Waals surface area contributed by atoms with Gasteiger partial charge >= 0.3 is 0 Å². The molecule has 0 spiro atoms. The summed E-state index contributed by atoms with van der Waals surface area (Å²) in [5.74, 6) is 2.03. The van der Waals surface area contributed by atoms with Crippen molar-refractivity contribution in [3.05, 3.63) is 0 Å². The zero-order valence-corrected chi connectivity index (χ0v) is 11.0. The lowest BCUT2D eigenvalue weighted by atomic mass is 9.71. The quantitative estimate of drug-likeness (QED) is 0.635. The molecule has 0 aliphatic carbocycles. The lowest BCUT2D eigenvalue weighted by molar-refractivity contribution is -0.0718. The zero-order chi connectivity index (χ0) is 11.2. The van der Waals surface area contributed by atoms with Crippen molar-refractivity contribution >= 4 is 0 Å². The number of piperidine rings is 4. The maximum absolute atomic E-state index is 2.87. The number of hydrogen-bond acceptors (Lipinski definition) is 2. The highest BCUT2D eigenvalue weighted by molar-refractivity contribution is 5.00. The molecule has 0 N–H and O–H groups in total. The molecule has 4 fully saturated rings. The second kappa shape index (κ2) is 4.24. The Morgan fingerprint density at radius 2 is 1.18 bits per heavy atom. The van der Waals surface area contributed by atoms with Crippen molar-refractivity contribution in [2.45, 2.75) is 57.0 Å². The molecule has 4 aliphatic rings. The van der Waals surface area contributed by atoms with Gasteiger partial charge in [0, 0.05) is 25.2 Å². The van der Waals surface area contributed by atoms with Crippen molar-refractivity contribution in [1.82, 2.24) is 9.80 Å². The standard InChI is InChI=1S/C15H26N2/c1-3-7-16-11-13-9-12(14(16)5-1)10-17-8-4-2-6-15(13)17/h12-15H,1-11H2/t12-,13?,14-,15-/m0/s1. The summed E-state index contributed by atoms with van der Waals surface area (Å²) in [4.78, 5) is 5.74. The van der Waals surface area contributed by atoms with Gasteiger partial charge in [-0.3, -0.25) is 9.80 Å². The Hall–Kier alpha value is -0.0800. The molecule has 0 saturated carbocycles. The number of fused-ring (bicyclic) bond motifs is 6. The molecule has 4 heterocycles. The SMILES string of the molecule is C1CCN2C[C@@H]3CC(CN4CCCC[C@@H]34)[C@@H]2C1. The van der Waals surface area contributed by atoms with Crippen LogP contribution in [0.4, 0.5) is 0 Å². The molecule has 4 saturated heterocycles. The molecule has 2 nitrogen and oxygen atoms in total. The molecule has 2 bridgehead atoms. The van der Waals surface area contributed by atoms with Crippen molar-refractivity contribution in [1.29, 1.82) is 0 Å². The van der Waals surface area contributed by atoms with Gasteiger partial charge in [-0.05, 0) is 57.0 Å². The van der Waals surface area contributed by atoms with Gasteiger partial charge in [0.2, 0.25) is 0 Å². The van der Waals surface area contributed by atoms with E-state index in [-0.39, 0.29) is 0 Å². The van der Waals surface area contributed by atoms with E-state index in [4.69, 9.17) is 0 Å². The molecular weight excluding hydrogens is 208 g/mol. The topological polar surface area (TPSA) is 6.48 Å². The summed E-state index contributed by atoms with van der Waals surface area (Å²) in [5.41, 5.74) is 0. The van der Waals surface area contributed by atoms with E-state index in [1.54, 1.807) is 6.42 Å². The van der Waals surface area contributed by atoms with Crippen molar-refractivity contribution < 1.29 is 0 Å². The van der Waals surface area contributed by atoms with Crippen LogP contribution < -0.4 is 0 Å². The van der Waals surface area contributed by atoms with Gasteiger partial charge in [0.25, 0.3) is 0 Å². The minimum atomic E-state index is 0.961. The van der Waals surface area contributed by atoms with Gasteiger partial charge in [-0.25, -0.2) is 0 Å². The molecule has 2 heteroatoms. The van der Waals surface area contributed by atoms with E-state index in [9.17, 15) is 0 Å². The summed E-state index contributed by atoms with van der Waals surface area (Å²) >= 11 is 0. The van der Waals surface area contributed by atoms with E-state index in [1.165, 1.54) is 64.7 Å². The predicted octanol–water partition coefficient (Wildman–Crippen LogP) is 2.35. The highest BCUT2D eigenvalue weighted by atomic mass is 15.3. The lowest BCUT2D eigenvalue weighted by Crippen LogP contribution is -2.63. The first-order chi connectivity index (χ1) is 8.42. The first kappa shape index (κ1) is 10.8. The van der Waals surface area contributed by atoms with Crippen molar-refractivity contribution in [3.63, 3.8) is 0 Å². The molecule has 4 rings (SSSR count). The normalized spacial score (nSPS) is 47.3. The second-order valence-corrected chi connectivity index (χ2v) is 6.87. The number of hydrogen-bond donors (Lipinski definition) is 0. The van der Waals surface area contributed by atoms with Crippen molar-refractivity contribution in [2.24, 2.45) is 11.8 Å². The Kier molecular flexibility index (Phi) is 2.69. The molecule has 4 atom stereocenters. The molecule has 0 aromatic rings. The van der Waals surface area contributed by atoms with E-state index in [0.717, 1.165) is 23.9 Å². The third-order valence-corrected chi connectivity index (χ3v) is 5.96. The first-order valence-electron chi connectivity index (χ1n) is 7.90. The van der Waals surface area contributed by atoms with Crippen LogP contribution in [0.25, 0.3) is 0 Å². The smallest absolute Gasteiger partial charge is 0.0136 e. The molecule has 0 amide bonds. The molecule has 17 heavy (non-hydrogen) atoms. The van der Waals surface area contributed by atoms with Crippen molar-refractivity contribution in [2.75, 3.05) is 26.2 Å². The van der Waals surface area contributed by atoms with Crippen LogP contribution in [0.15, 0.2) is 0 Å². The van der Waals surface area contributed by atoms with Crippen LogP contribution in [0.1, 0.15) is 44.9 Å². The maximum Gasteiger partial charge on any atom is 0.0136 e. The zero-order valence-electron chi connectivity index (χ0n) is 11.0. The van der Waals surface area contributed by atoms with Crippen LogP contribution in [0, 0.1) is 11.8 Å². The summed E-state index contributed by atoms with van der Waals surface area (Å²) < 4.78 is 0. The van der Waals surface area contributed by atoms with Gasteiger partial charge in [0.1, 0.15) is 0 Å². The molecule has 96 valence electrons. The molecule has 0 aromatic heterocycles. The number of rotatable bonds is 0. The first-order valence-corrected chi connectivity index (χ1v) is 7.90. The Balaban J connectivity index is 1.56. The summed E-state index contributed by atoms with van der Waals surface area (Å²) in [7, 11) is 0.